The molecule has 0 amide bonds. The molecule has 5 heteroatoms. The minimum absolute atomic E-state index is 0. The molecule has 0 aliphatic rings. The molecule has 0 saturated heterocycles. The van der Waals surface area contributed by atoms with Crippen molar-refractivity contribution >= 4 is 38.3 Å². The van der Waals surface area contributed by atoms with Gasteiger partial charge in [0.15, 0.2) is 5.52 Å². The zero-order valence-corrected chi connectivity index (χ0v) is 16.5. The molecular formula is C19H23LiO3P. The minimum Gasteiger partial charge on any atom is -0.497 e. The first kappa shape index (κ1) is 20.8. The predicted molar refractivity (Wildman–Crippen MR) is 103 cm³/mol. The van der Waals surface area contributed by atoms with Crippen molar-refractivity contribution in [1.29, 1.82) is 0 Å². The van der Waals surface area contributed by atoms with Crippen molar-refractivity contribution in [3.05, 3.63) is 52.1 Å². The number of hydrogen-bond acceptors (Lipinski definition) is 3. The van der Waals surface area contributed by atoms with E-state index in [0.29, 0.717) is 5.75 Å². The molecule has 0 saturated carbocycles. The fourth-order valence-corrected chi connectivity index (χ4v) is 3.94. The van der Waals surface area contributed by atoms with Crippen LogP contribution in [0.1, 0.15) is 32.6 Å². The molecule has 1 unspecified atom stereocenters. The van der Waals surface area contributed by atoms with Crippen LogP contribution in [0.25, 0.3) is 0 Å². The molecule has 1 radical (unpaired) electrons. The SMILES string of the molecule is COc1ccc(PC(=O)c2c(C)cc(C)c(C)c2C)c(OC)c1.[Li]. The van der Waals surface area contributed by atoms with E-state index in [1.165, 1.54) is 11.1 Å². The Morgan fingerprint density at radius 2 is 1.58 bits per heavy atom. The zero-order valence-electron chi connectivity index (χ0n) is 15.5. The second-order valence-corrected chi connectivity index (χ2v) is 6.90. The van der Waals surface area contributed by atoms with Crippen LogP contribution in [-0.4, -0.2) is 38.6 Å². The summed E-state index contributed by atoms with van der Waals surface area (Å²) in [5, 5.41) is 0.898. The molecule has 2 rings (SSSR count). The number of carbonyl (C=O) groups is 1. The monoisotopic (exact) mass is 337 g/mol. The number of aryl methyl sites for hydroxylation is 2. The van der Waals surface area contributed by atoms with E-state index in [2.05, 4.69) is 19.9 Å². The number of rotatable bonds is 5. The summed E-state index contributed by atoms with van der Waals surface area (Å²) in [7, 11) is 3.25. The number of methoxy groups -OCH3 is 2. The molecule has 2 aromatic rings. The van der Waals surface area contributed by atoms with Crippen molar-refractivity contribution in [3.63, 3.8) is 0 Å². The van der Waals surface area contributed by atoms with E-state index in [0.717, 1.165) is 27.7 Å². The Kier molecular flexibility index (Phi) is 7.55. The molecule has 0 aliphatic carbocycles. The zero-order chi connectivity index (χ0) is 17.1. The molecule has 0 N–H and O–H groups in total. The van der Waals surface area contributed by atoms with Crippen LogP contribution in [-0.2, 0) is 0 Å². The average Bonchev–Trinajstić information content (AvgIpc) is 2.53. The first-order valence-corrected chi connectivity index (χ1v) is 8.49. The van der Waals surface area contributed by atoms with E-state index in [9.17, 15) is 4.79 Å². The summed E-state index contributed by atoms with van der Waals surface area (Å²) in [4.78, 5) is 12.9. The van der Waals surface area contributed by atoms with Gasteiger partial charge in [-0.25, -0.2) is 0 Å². The maximum atomic E-state index is 12.9. The van der Waals surface area contributed by atoms with Crippen molar-refractivity contribution in [2.75, 3.05) is 14.2 Å². The number of ether oxygens (including phenoxy) is 2. The van der Waals surface area contributed by atoms with Gasteiger partial charge in [-0.2, -0.15) is 0 Å². The molecule has 2 aromatic carbocycles. The van der Waals surface area contributed by atoms with Gasteiger partial charge in [-0.05, 0) is 70.7 Å². The quantitative estimate of drug-likeness (QED) is 0.616. The Bertz CT molecular complexity index is 757. The van der Waals surface area contributed by atoms with Crippen molar-refractivity contribution in [2.45, 2.75) is 27.7 Å². The standard InChI is InChI=1S/C19H23O3P.Li/c1-11-9-12(2)18(14(4)13(11)3)19(20)23-17-8-7-15(21-5)10-16(17)22-6;/h7-10,23H,1-6H3;. The van der Waals surface area contributed by atoms with Gasteiger partial charge in [-0.1, -0.05) is 6.07 Å². The van der Waals surface area contributed by atoms with E-state index in [1.807, 2.05) is 32.0 Å². The van der Waals surface area contributed by atoms with E-state index >= 15 is 0 Å². The van der Waals surface area contributed by atoms with Gasteiger partial charge in [0.2, 0.25) is 0 Å². The number of benzene rings is 2. The molecule has 0 aromatic heterocycles. The van der Waals surface area contributed by atoms with Crippen molar-refractivity contribution < 1.29 is 14.3 Å². The maximum absolute atomic E-state index is 12.9. The van der Waals surface area contributed by atoms with Gasteiger partial charge < -0.3 is 9.47 Å². The van der Waals surface area contributed by atoms with Crippen LogP contribution in [0, 0.1) is 27.7 Å². The normalized spacial score (nSPS) is 10.6. The topological polar surface area (TPSA) is 35.5 Å². The fraction of sp³-hybridized carbons (Fsp3) is 0.316. The van der Waals surface area contributed by atoms with Crippen molar-refractivity contribution in [2.24, 2.45) is 0 Å². The summed E-state index contributed by atoms with van der Waals surface area (Å²) in [6.45, 7) is 8.18. The summed E-state index contributed by atoms with van der Waals surface area (Å²) in [5.74, 6) is 1.41. The molecule has 123 valence electrons. The van der Waals surface area contributed by atoms with Gasteiger partial charge in [0.05, 0.1) is 14.2 Å². The Morgan fingerprint density at radius 3 is 2.17 bits per heavy atom. The second-order valence-electron chi connectivity index (χ2n) is 5.66. The third kappa shape index (κ3) is 4.22. The molecule has 0 fully saturated rings. The molecule has 3 nitrogen and oxygen atoms in total. The van der Waals surface area contributed by atoms with Crippen LogP contribution >= 0.6 is 8.58 Å². The molecule has 0 aliphatic heterocycles. The van der Waals surface area contributed by atoms with Crippen molar-refractivity contribution in [3.8, 4) is 11.5 Å². The number of hydrogen-bond donors (Lipinski definition) is 0. The molecule has 0 bridgehead atoms. The summed E-state index contributed by atoms with van der Waals surface area (Å²) in [5.41, 5.74) is 5.51. The molecule has 24 heavy (non-hydrogen) atoms. The van der Waals surface area contributed by atoms with Gasteiger partial charge >= 0.3 is 0 Å². The molecule has 1 atom stereocenters. The predicted octanol–water partition coefficient (Wildman–Crippen LogP) is 3.70. The van der Waals surface area contributed by atoms with Gasteiger partial charge in [0.1, 0.15) is 11.5 Å². The number of carbonyl (C=O) groups excluding carboxylic acids is 1. The molecular weight excluding hydrogens is 314 g/mol. The molecule has 0 spiro atoms. The van der Waals surface area contributed by atoms with Crippen molar-refractivity contribution in [1.82, 2.24) is 0 Å². The Morgan fingerprint density at radius 1 is 0.917 bits per heavy atom. The van der Waals surface area contributed by atoms with Gasteiger partial charge in [-0.3, -0.25) is 4.79 Å². The second kappa shape index (κ2) is 8.72. The van der Waals surface area contributed by atoms with Crippen LogP contribution in [0.3, 0.4) is 0 Å². The largest absolute Gasteiger partial charge is 0.497 e. The summed E-state index contributed by atoms with van der Waals surface area (Å²) in [6, 6.07) is 7.67. The van der Waals surface area contributed by atoms with Gasteiger partial charge in [-0.15, -0.1) is 0 Å². The van der Waals surface area contributed by atoms with E-state index in [4.69, 9.17) is 9.47 Å². The summed E-state index contributed by atoms with van der Waals surface area (Å²) >= 11 is 0. The Balaban J connectivity index is 0.00000288. The first-order chi connectivity index (χ1) is 10.9. The third-order valence-corrected chi connectivity index (χ3v) is 5.40. The fourth-order valence-electron chi connectivity index (χ4n) is 2.72. The van der Waals surface area contributed by atoms with Crippen LogP contribution in [0.5, 0.6) is 11.5 Å². The smallest absolute Gasteiger partial charge is 0.186 e. The Hall–Kier alpha value is -1.26. The maximum Gasteiger partial charge on any atom is 0.186 e. The third-order valence-electron chi connectivity index (χ3n) is 4.24. The first-order valence-electron chi connectivity index (χ1n) is 7.49. The van der Waals surface area contributed by atoms with E-state index < -0.39 is 0 Å². The van der Waals surface area contributed by atoms with Crippen LogP contribution in [0.4, 0.5) is 0 Å². The van der Waals surface area contributed by atoms with Crippen LogP contribution < -0.4 is 14.8 Å². The molecule has 0 heterocycles. The van der Waals surface area contributed by atoms with Crippen LogP contribution in [0.15, 0.2) is 24.3 Å². The van der Waals surface area contributed by atoms with E-state index in [1.54, 1.807) is 14.2 Å². The average molecular weight is 337 g/mol. The van der Waals surface area contributed by atoms with E-state index in [-0.39, 0.29) is 33.0 Å². The summed E-state index contributed by atoms with van der Waals surface area (Å²) < 4.78 is 10.6. The minimum atomic E-state index is 0. The summed E-state index contributed by atoms with van der Waals surface area (Å²) in [6.07, 6.45) is 0. The Labute approximate surface area is 158 Å². The van der Waals surface area contributed by atoms with Gasteiger partial charge in [0.25, 0.3) is 0 Å². The van der Waals surface area contributed by atoms with Gasteiger partial charge in [0, 0.05) is 35.8 Å². The van der Waals surface area contributed by atoms with Crippen LogP contribution in [0.2, 0.25) is 0 Å².